The van der Waals surface area contributed by atoms with Crippen LogP contribution in [-0.2, 0) is 5.75 Å². The van der Waals surface area contributed by atoms with E-state index in [2.05, 4.69) is 22.1 Å². The summed E-state index contributed by atoms with van der Waals surface area (Å²) in [6.45, 7) is 3.89. The zero-order valence-corrected chi connectivity index (χ0v) is 11.9. The molecule has 0 radical (unpaired) electrons. The molecule has 19 heavy (non-hydrogen) atoms. The van der Waals surface area contributed by atoms with Gasteiger partial charge >= 0.3 is 0 Å². The molecular weight excluding hydrogens is 258 g/mol. The van der Waals surface area contributed by atoms with Gasteiger partial charge in [-0.15, -0.1) is 0 Å². The fourth-order valence-corrected chi connectivity index (χ4v) is 2.38. The summed E-state index contributed by atoms with van der Waals surface area (Å²) in [6.07, 6.45) is 1.53. The minimum absolute atomic E-state index is 0.0455. The Hall–Kier alpha value is -1.75. The molecule has 1 heterocycles. The number of rotatable bonds is 5. The highest BCUT2D eigenvalue weighted by molar-refractivity contribution is 7.98. The highest BCUT2D eigenvalue weighted by atomic mass is 32.2. The van der Waals surface area contributed by atoms with Crippen molar-refractivity contribution in [1.29, 1.82) is 0 Å². The summed E-state index contributed by atoms with van der Waals surface area (Å²) in [5.74, 6) is 1.28. The predicted octanol–water partition coefficient (Wildman–Crippen LogP) is 3.14. The van der Waals surface area contributed by atoms with Gasteiger partial charge in [0.15, 0.2) is 0 Å². The van der Waals surface area contributed by atoms with Gasteiger partial charge in [-0.2, -0.15) is 4.98 Å². The summed E-state index contributed by atoms with van der Waals surface area (Å²) in [7, 11) is 0. The van der Waals surface area contributed by atoms with Crippen LogP contribution in [0.2, 0.25) is 0 Å². The van der Waals surface area contributed by atoms with Crippen LogP contribution in [0.3, 0.4) is 0 Å². The maximum atomic E-state index is 6.02. The van der Waals surface area contributed by atoms with Crippen molar-refractivity contribution in [2.45, 2.75) is 30.7 Å². The van der Waals surface area contributed by atoms with Gasteiger partial charge in [0.2, 0.25) is 5.88 Å². The normalized spacial score (nSPS) is 10.7. The van der Waals surface area contributed by atoms with Gasteiger partial charge in [0.05, 0.1) is 6.10 Å². The molecule has 2 aromatic rings. The lowest BCUT2D eigenvalue weighted by molar-refractivity contribution is 0.233. The van der Waals surface area contributed by atoms with E-state index in [0.717, 1.165) is 10.8 Å². The highest BCUT2D eigenvalue weighted by Gasteiger charge is 2.11. The Bertz CT molecular complexity index is 531. The van der Waals surface area contributed by atoms with Crippen molar-refractivity contribution in [3.63, 3.8) is 0 Å². The summed E-state index contributed by atoms with van der Waals surface area (Å²) in [5.41, 5.74) is 7.77. The highest BCUT2D eigenvalue weighted by Crippen LogP contribution is 2.31. The lowest BCUT2D eigenvalue weighted by Gasteiger charge is -2.12. The molecule has 0 amide bonds. The largest absolute Gasteiger partial charge is 0.473 e. The van der Waals surface area contributed by atoms with Crippen molar-refractivity contribution < 1.29 is 4.74 Å². The van der Waals surface area contributed by atoms with Crippen LogP contribution in [0.1, 0.15) is 19.4 Å². The van der Waals surface area contributed by atoms with Crippen LogP contribution in [-0.4, -0.2) is 16.1 Å². The third-order valence-electron chi connectivity index (χ3n) is 2.38. The lowest BCUT2D eigenvalue weighted by Crippen LogP contribution is -2.10. The van der Waals surface area contributed by atoms with E-state index < -0.39 is 0 Å². The third-order valence-corrected chi connectivity index (χ3v) is 3.45. The first-order valence-electron chi connectivity index (χ1n) is 6.10. The van der Waals surface area contributed by atoms with Crippen molar-refractivity contribution in [3.05, 3.63) is 42.2 Å². The fraction of sp³-hybridized carbons (Fsp3) is 0.286. The average molecular weight is 275 g/mol. The third kappa shape index (κ3) is 3.86. The first-order chi connectivity index (χ1) is 9.16. The molecule has 0 saturated carbocycles. The van der Waals surface area contributed by atoms with E-state index >= 15 is 0 Å². The van der Waals surface area contributed by atoms with Crippen LogP contribution in [0, 0.1) is 0 Å². The Kier molecular flexibility index (Phi) is 4.63. The summed E-state index contributed by atoms with van der Waals surface area (Å²) in [4.78, 5) is 8.27. The van der Waals surface area contributed by atoms with Crippen LogP contribution in [0.15, 0.2) is 41.7 Å². The van der Waals surface area contributed by atoms with E-state index in [-0.39, 0.29) is 6.10 Å². The van der Waals surface area contributed by atoms with Crippen molar-refractivity contribution >= 4 is 17.4 Å². The molecule has 4 nitrogen and oxygen atoms in total. The lowest BCUT2D eigenvalue weighted by atomic mass is 10.2. The summed E-state index contributed by atoms with van der Waals surface area (Å²) < 4.78 is 5.55. The minimum Gasteiger partial charge on any atom is -0.473 e. The number of hydrogen-bond donors (Lipinski definition) is 1. The van der Waals surface area contributed by atoms with E-state index in [9.17, 15) is 0 Å². The molecule has 1 aromatic carbocycles. The zero-order valence-electron chi connectivity index (χ0n) is 11.0. The first kappa shape index (κ1) is 13.7. The molecule has 0 atom stereocenters. The minimum atomic E-state index is 0.0455. The molecule has 100 valence electrons. The number of nitrogens with two attached hydrogens (primary N) is 1. The molecule has 0 bridgehead atoms. The number of nitrogen functional groups attached to an aromatic ring is 1. The van der Waals surface area contributed by atoms with Gasteiger partial charge in [-0.25, -0.2) is 4.98 Å². The molecule has 2 rings (SSSR count). The Balaban J connectivity index is 2.08. The molecule has 0 saturated heterocycles. The number of aromatic nitrogens is 2. The Morgan fingerprint density at radius 3 is 2.63 bits per heavy atom. The number of ether oxygens (including phenoxy) is 1. The molecule has 0 aliphatic rings. The van der Waals surface area contributed by atoms with Crippen molar-refractivity contribution in [2.75, 3.05) is 5.73 Å². The van der Waals surface area contributed by atoms with Crippen LogP contribution < -0.4 is 10.5 Å². The van der Waals surface area contributed by atoms with E-state index in [4.69, 9.17) is 10.5 Å². The van der Waals surface area contributed by atoms with Crippen LogP contribution in [0.25, 0.3) is 0 Å². The Morgan fingerprint density at radius 2 is 1.95 bits per heavy atom. The summed E-state index contributed by atoms with van der Waals surface area (Å²) in [6, 6.07) is 10.2. The van der Waals surface area contributed by atoms with Gasteiger partial charge in [-0.1, -0.05) is 42.1 Å². The number of hydrogen-bond acceptors (Lipinski definition) is 5. The second-order valence-corrected chi connectivity index (χ2v) is 5.30. The Morgan fingerprint density at radius 1 is 1.21 bits per heavy atom. The quantitative estimate of drug-likeness (QED) is 0.671. The SMILES string of the molecule is CC(C)Oc1ncnc(SCc2ccccc2)c1N. The van der Waals surface area contributed by atoms with Crippen LogP contribution >= 0.6 is 11.8 Å². The zero-order chi connectivity index (χ0) is 13.7. The smallest absolute Gasteiger partial charge is 0.241 e. The van der Waals surface area contributed by atoms with Gasteiger partial charge < -0.3 is 10.5 Å². The summed E-state index contributed by atoms with van der Waals surface area (Å²) >= 11 is 1.59. The van der Waals surface area contributed by atoms with E-state index in [0.29, 0.717) is 11.6 Å². The molecule has 1 aromatic heterocycles. The first-order valence-corrected chi connectivity index (χ1v) is 7.09. The summed E-state index contributed by atoms with van der Waals surface area (Å²) in [5, 5.41) is 0.759. The van der Waals surface area contributed by atoms with Gasteiger partial charge in [0.25, 0.3) is 0 Å². The standard InChI is InChI=1S/C14H17N3OS/c1-10(2)18-13-12(15)14(17-9-16-13)19-8-11-6-4-3-5-7-11/h3-7,9-10H,8,15H2,1-2H3. The molecule has 0 fully saturated rings. The predicted molar refractivity (Wildman–Crippen MR) is 78.2 cm³/mol. The number of thioether (sulfide) groups is 1. The van der Waals surface area contributed by atoms with E-state index in [1.165, 1.54) is 11.9 Å². The van der Waals surface area contributed by atoms with Gasteiger partial charge in [0, 0.05) is 5.75 Å². The second kappa shape index (κ2) is 6.43. The molecule has 0 unspecified atom stereocenters. The average Bonchev–Trinajstić information content (AvgIpc) is 2.40. The fourth-order valence-electron chi connectivity index (χ4n) is 1.52. The van der Waals surface area contributed by atoms with Crippen molar-refractivity contribution in [2.24, 2.45) is 0 Å². The second-order valence-electron chi connectivity index (χ2n) is 4.34. The topological polar surface area (TPSA) is 61.0 Å². The molecule has 0 spiro atoms. The molecule has 2 N–H and O–H groups in total. The molecule has 0 aliphatic heterocycles. The number of nitrogens with zero attached hydrogens (tertiary/aromatic N) is 2. The van der Waals surface area contributed by atoms with Gasteiger partial charge in [0.1, 0.15) is 17.0 Å². The molecule has 5 heteroatoms. The van der Waals surface area contributed by atoms with Crippen LogP contribution in [0.4, 0.5) is 5.69 Å². The van der Waals surface area contributed by atoms with E-state index in [1.54, 1.807) is 11.8 Å². The van der Waals surface area contributed by atoms with Gasteiger partial charge in [-0.3, -0.25) is 0 Å². The van der Waals surface area contributed by atoms with Crippen LogP contribution in [0.5, 0.6) is 5.88 Å². The molecular formula is C14H17N3OS. The molecule has 0 aliphatic carbocycles. The maximum absolute atomic E-state index is 6.02. The van der Waals surface area contributed by atoms with Crippen molar-refractivity contribution in [3.8, 4) is 5.88 Å². The monoisotopic (exact) mass is 275 g/mol. The number of anilines is 1. The van der Waals surface area contributed by atoms with Gasteiger partial charge in [-0.05, 0) is 19.4 Å². The maximum Gasteiger partial charge on any atom is 0.241 e. The van der Waals surface area contributed by atoms with E-state index in [1.807, 2.05) is 32.0 Å². The Labute approximate surface area is 117 Å². The van der Waals surface area contributed by atoms with Crippen molar-refractivity contribution in [1.82, 2.24) is 9.97 Å². The number of benzene rings is 1.